The van der Waals surface area contributed by atoms with E-state index in [-0.39, 0.29) is 0 Å². The average Bonchev–Trinajstić information content (AvgIpc) is 2.35. The first-order valence-corrected chi connectivity index (χ1v) is 7.12. The van der Waals surface area contributed by atoms with E-state index < -0.39 is 0 Å². The van der Waals surface area contributed by atoms with Gasteiger partial charge in [0, 0.05) is 26.1 Å². The third-order valence-corrected chi connectivity index (χ3v) is 4.22. The molecule has 2 nitrogen and oxygen atoms in total. The molecule has 1 saturated carbocycles. The molecular weight excluding hydrogens is 222 g/mol. The van der Waals surface area contributed by atoms with Crippen LogP contribution in [0.3, 0.4) is 0 Å². The van der Waals surface area contributed by atoms with E-state index in [1.54, 1.807) is 7.11 Å². The second-order valence-electron chi connectivity index (χ2n) is 5.07. The Morgan fingerprint density at radius 1 is 1.19 bits per heavy atom. The maximum absolute atomic E-state index is 6.14. The van der Waals surface area contributed by atoms with Crippen molar-refractivity contribution in [1.29, 1.82) is 0 Å². The van der Waals surface area contributed by atoms with Gasteiger partial charge in [0.1, 0.15) is 0 Å². The van der Waals surface area contributed by atoms with Crippen LogP contribution in [0.5, 0.6) is 0 Å². The Morgan fingerprint density at radius 3 is 2.56 bits per heavy atom. The van der Waals surface area contributed by atoms with Gasteiger partial charge in [-0.3, -0.25) is 0 Å². The van der Waals surface area contributed by atoms with Gasteiger partial charge in [-0.1, -0.05) is 19.3 Å². The van der Waals surface area contributed by atoms with E-state index in [0.29, 0.717) is 5.41 Å². The number of nitrogens with one attached hydrogen (secondary N) is 1. The standard InChI is InChI=1S/C13H26ClNO/c1-16-10-6-5-9-15-12-13(11-14)7-3-2-4-8-13/h15H,2-12H2,1H3. The number of unbranched alkanes of at least 4 members (excludes halogenated alkanes) is 1. The van der Waals surface area contributed by atoms with E-state index >= 15 is 0 Å². The number of halogens is 1. The number of hydrogen-bond acceptors (Lipinski definition) is 2. The van der Waals surface area contributed by atoms with Crippen molar-refractivity contribution in [3.05, 3.63) is 0 Å². The Morgan fingerprint density at radius 2 is 1.94 bits per heavy atom. The van der Waals surface area contributed by atoms with E-state index in [0.717, 1.165) is 32.0 Å². The molecule has 1 aliphatic rings. The van der Waals surface area contributed by atoms with Crippen LogP contribution in [0.1, 0.15) is 44.9 Å². The van der Waals surface area contributed by atoms with Crippen molar-refractivity contribution in [2.45, 2.75) is 44.9 Å². The first-order valence-electron chi connectivity index (χ1n) is 6.59. The summed E-state index contributed by atoms with van der Waals surface area (Å²) in [5.41, 5.74) is 0.390. The lowest BCUT2D eigenvalue weighted by Crippen LogP contribution is -2.38. The number of rotatable bonds is 8. The summed E-state index contributed by atoms with van der Waals surface area (Å²) in [7, 11) is 1.76. The SMILES string of the molecule is COCCCCNCC1(CCl)CCCCC1. The molecule has 0 spiro atoms. The van der Waals surface area contributed by atoms with E-state index in [9.17, 15) is 0 Å². The van der Waals surface area contributed by atoms with Gasteiger partial charge in [0.2, 0.25) is 0 Å². The normalized spacial score (nSPS) is 19.9. The molecule has 0 aromatic carbocycles. The molecule has 0 heterocycles. The molecule has 3 heteroatoms. The Hall–Kier alpha value is 0.210. The summed E-state index contributed by atoms with van der Waals surface area (Å²) in [6.07, 6.45) is 9.08. The van der Waals surface area contributed by atoms with Gasteiger partial charge in [-0.25, -0.2) is 0 Å². The summed E-state index contributed by atoms with van der Waals surface area (Å²) in [6.45, 7) is 3.08. The molecular formula is C13H26ClNO. The predicted molar refractivity (Wildman–Crippen MR) is 70.2 cm³/mol. The molecule has 1 rings (SSSR count). The van der Waals surface area contributed by atoms with Crippen molar-refractivity contribution in [2.75, 3.05) is 32.7 Å². The highest BCUT2D eigenvalue weighted by molar-refractivity contribution is 6.18. The third-order valence-electron chi connectivity index (χ3n) is 3.65. The summed E-state index contributed by atoms with van der Waals surface area (Å²) in [4.78, 5) is 0. The lowest BCUT2D eigenvalue weighted by molar-refractivity contribution is 0.189. The molecule has 0 bridgehead atoms. The minimum atomic E-state index is 0.390. The smallest absolute Gasteiger partial charge is 0.0462 e. The molecule has 0 aliphatic heterocycles. The Kier molecular flexibility index (Phi) is 7.42. The maximum atomic E-state index is 6.14. The van der Waals surface area contributed by atoms with E-state index in [4.69, 9.17) is 16.3 Å². The number of alkyl halides is 1. The summed E-state index contributed by atoms with van der Waals surface area (Å²) >= 11 is 6.14. The lowest BCUT2D eigenvalue weighted by Gasteiger charge is -2.35. The van der Waals surface area contributed by atoms with Gasteiger partial charge in [-0.05, 0) is 37.6 Å². The van der Waals surface area contributed by atoms with Gasteiger partial charge in [-0.2, -0.15) is 0 Å². The molecule has 16 heavy (non-hydrogen) atoms. The van der Waals surface area contributed by atoms with Crippen molar-refractivity contribution >= 4 is 11.6 Å². The molecule has 0 atom stereocenters. The van der Waals surface area contributed by atoms with Crippen LogP contribution in [0.15, 0.2) is 0 Å². The first kappa shape index (κ1) is 14.3. The van der Waals surface area contributed by atoms with Crippen LogP contribution in [-0.4, -0.2) is 32.7 Å². The van der Waals surface area contributed by atoms with Crippen LogP contribution in [-0.2, 0) is 4.74 Å². The Bertz CT molecular complexity index is 169. The van der Waals surface area contributed by atoms with Gasteiger partial charge < -0.3 is 10.1 Å². The van der Waals surface area contributed by atoms with E-state index in [1.807, 2.05) is 0 Å². The fourth-order valence-corrected chi connectivity index (χ4v) is 2.87. The molecule has 0 amide bonds. The highest BCUT2D eigenvalue weighted by atomic mass is 35.5. The minimum absolute atomic E-state index is 0.390. The fraction of sp³-hybridized carbons (Fsp3) is 1.00. The van der Waals surface area contributed by atoms with E-state index in [1.165, 1.54) is 38.5 Å². The largest absolute Gasteiger partial charge is 0.385 e. The van der Waals surface area contributed by atoms with Crippen LogP contribution in [0, 0.1) is 5.41 Å². The number of ether oxygens (including phenoxy) is 1. The van der Waals surface area contributed by atoms with Gasteiger partial charge in [0.15, 0.2) is 0 Å². The van der Waals surface area contributed by atoms with Gasteiger partial charge >= 0.3 is 0 Å². The molecule has 1 N–H and O–H groups in total. The first-order chi connectivity index (χ1) is 7.83. The number of hydrogen-bond donors (Lipinski definition) is 1. The molecule has 1 aliphatic carbocycles. The Labute approximate surface area is 105 Å². The van der Waals surface area contributed by atoms with Gasteiger partial charge in [0.25, 0.3) is 0 Å². The van der Waals surface area contributed by atoms with Gasteiger partial charge in [0.05, 0.1) is 0 Å². The van der Waals surface area contributed by atoms with Crippen molar-refractivity contribution in [3.8, 4) is 0 Å². The quantitative estimate of drug-likeness (QED) is 0.526. The summed E-state index contributed by atoms with van der Waals surface area (Å²) in [5, 5.41) is 3.57. The zero-order chi connectivity index (χ0) is 11.7. The fourth-order valence-electron chi connectivity index (χ4n) is 2.51. The van der Waals surface area contributed by atoms with Crippen LogP contribution in [0.25, 0.3) is 0 Å². The molecule has 1 fully saturated rings. The van der Waals surface area contributed by atoms with Crippen molar-refractivity contribution in [1.82, 2.24) is 5.32 Å². The van der Waals surface area contributed by atoms with Crippen LogP contribution in [0.2, 0.25) is 0 Å². The highest BCUT2D eigenvalue weighted by Gasteiger charge is 2.30. The molecule has 0 radical (unpaired) electrons. The zero-order valence-electron chi connectivity index (χ0n) is 10.6. The molecule has 96 valence electrons. The van der Waals surface area contributed by atoms with Gasteiger partial charge in [-0.15, -0.1) is 11.6 Å². The maximum Gasteiger partial charge on any atom is 0.0462 e. The number of methoxy groups -OCH3 is 1. The van der Waals surface area contributed by atoms with Crippen LogP contribution < -0.4 is 5.32 Å². The zero-order valence-corrected chi connectivity index (χ0v) is 11.3. The third kappa shape index (κ3) is 5.03. The average molecular weight is 248 g/mol. The van der Waals surface area contributed by atoms with Crippen LogP contribution >= 0.6 is 11.6 Å². The summed E-state index contributed by atoms with van der Waals surface area (Å²) in [5.74, 6) is 0.818. The lowest BCUT2D eigenvalue weighted by atomic mass is 9.75. The molecule has 0 aromatic heterocycles. The summed E-state index contributed by atoms with van der Waals surface area (Å²) in [6, 6.07) is 0. The van der Waals surface area contributed by atoms with Crippen LogP contribution in [0.4, 0.5) is 0 Å². The monoisotopic (exact) mass is 247 g/mol. The summed E-state index contributed by atoms with van der Waals surface area (Å²) < 4.78 is 5.03. The molecule has 0 unspecified atom stereocenters. The van der Waals surface area contributed by atoms with Crippen molar-refractivity contribution in [3.63, 3.8) is 0 Å². The molecule has 0 saturated heterocycles. The second kappa shape index (κ2) is 8.32. The van der Waals surface area contributed by atoms with Crippen molar-refractivity contribution < 1.29 is 4.74 Å². The topological polar surface area (TPSA) is 21.3 Å². The second-order valence-corrected chi connectivity index (χ2v) is 5.34. The Balaban J connectivity index is 2.08. The van der Waals surface area contributed by atoms with E-state index in [2.05, 4.69) is 5.32 Å². The van der Waals surface area contributed by atoms with Crippen molar-refractivity contribution in [2.24, 2.45) is 5.41 Å². The minimum Gasteiger partial charge on any atom is -0.385 e. The molecule has 0 aromatic rings. The highest BCUT2D eigenvalue weighted by Crippen LogP contribution is 2.36. The predicted octanol–water partition coefficient (Wildman–Crippen LogP) is 3.19.